The van der Waals surface area contributed by atoms with Crippen LogP contribution in [0.15, 0.2) is 85.6 Å². The summed E-state index contributed by atoms with van der Waals surface area (Å²) in [5, 5.41) is 0. The Bertz CT molecular complexity index is 1150. The van der Waals surface area contributed by atoms with E-state index >= 15 is 0 Å². The van der Waals surface area contributed by atoms with Gasteiger partial charge in [0.1, 0.15) is 11.5 Å². The van der Waals surface area contributed by atoms with Crippen molar-refractivity contribution in [2.24, 2.45) is 5.92 Å². The highest BCUT2D eigenvalue weighted by Crippen LogP contribution is 2.28. The van der Waals surface area contributed by atoms with Crippen molar-refractivity contribution in [3.8, 4) is 11.1 Å². The van der Waals surface area contributed by atoms with Crippen LogP contribution in [0.4, 0.5) is 4.39 Å². The lowest BCUT2D eigenvalue weighted by molar-refractivity contribution is -0.134. The molecule has 0 saturated carbocycles. The van der Waals surface area contributed by atoms with E-state index in [9.17, 15) is 14.0 Å². The molecule has 0 aliphatic carbocycles. The quantitative estimate of drug-likeness (QED) is 0.536. The Hall–Kier alpha value is -3.80. The topological polar surface area (TPSA) is 53.5 Å². The van der Waals surface area contributed by atoms with Gasteiger partial charge in [0.25, 0.3) is 5.91 Å². The number of carbonyl (C=O) groups is 2. The molecule has 1 aliphatic heterocycles. The zero-order chi connectivity index (χ0) is 23.2. The van der Waals surface area contributed by atoms with Crippen molar-refractivity contribution in [3.63, 3.8) is 0 Å². The van der Waals surface area contributed by atoms with Crippen molar-refractivity contribution in [1.82, 2.24) is 14.8 Å². The Labute approximate surface area is 193 Å². The van der Waals surface area contributed by atoms with Gasteiger partial charge in [-0.2, -0.15) is 0 Å². The van der Waals surface area contributed by atoms with Gasteiger partial charge in [0.05, 0.1) is 5.92 Å². The summed E-state index contributed by atoms with van der Waals surface area (Å²) in [5.74, 6) is -0.945. The van der Waals surface area contributed by atoms with Crippen LogP contribution < -0.4 is 0 Å². The van der Waals surface area contributed by atoms with Crippen LogP contribution in [0.1, 0.15) is 16.1 Å². The minimum Gasteiger partial charge on any atom is -0.337 e. The van der Waals surface area contributed by atoms with Gasteiger partial charge in [-0.05, 0) is 47.4 Å². The average molecular weight is 444 g/mol. The van der Waals surface area contributed by atoms with Crippen LogP contribution in [0.2, 0.25) is 0 Å². The molecule has 1 atom stereocenters. The number of pyridine rings is 1. The molecule has 0 radical (unpaired) electrons. The molecule has 1 fully saturated rings. The van der Waals surface area contributed by atoms with E-state index in [2.05, 4.69) is 11.6 Å². The van der Waals surface area contributed by atoms with Crippen molar-refractivity contribution in [2.75, 3.05) is 26.2 Å². The average Bonchev–Trinajstić information content (AvgIpc) is 2.99. The first-order chi connectivity index (χ1) is 16.1. The first-order valence-electron chi connectivity index (χ1n) is 11.0. The monoisotopic (exact) mass is 443 g/mol. The van der Waals surface area contributed by atoms with Crippen molar-refractivity contribution < 1.29 is 14.0 Å². The zero-order valence-electron chi connectivity index (χ0n) is 18.4. The summed E-state index contributed by atoms with van der Waals surface area (Å²) in [6.45, 7) is 5.35. The third kappa shape index (κ3) is 5.17. The van der Waals surface area contributed by atoms with Gasteiger partial charge in [0.15, 0.2) is 0 Å². The standard InChI is InChI=1S/C27H26FN3O2/c1-2-14-30-15-16-31(27(33)25-12-5-6-13-29-25)19-22(26(30)32)17-20-8-3-4-11-24(20)21-9-7-10-23(28)18-21/h2-13,18,22H,1,14-17,19H2/t22-/m1/s1. The largest absolute Gasteiger partial charge is 0.337 e. The minimum absolute atomic E-state index is 0.0136. The lowest BCUT2D eigenvalue weighted by Gasteiger charge is -2.24. The number of nitrogens with zero attached hydrogens (tertiary/aromatic N) is 3. The Morgan fingerprint density at radius 3 is 2.67 bits per heavy atom. The summed E-state index contributed by atoms with van der Waals surface area (Å²) in [7, 11) is 0. The maximum Gasteiger partial charge on any atom is 0.272 e. The van der Waals surface area contributed by atoms with Crippen LogP contribution in [0, 0.1) is 11.7 Å². The highest BCUT2D eigenvalue weighted by molar-refractivity contribution is 5.93. The van der Waals surface area contributed by atoms with Gasteiger partial charge in [0, 0.05) is 32.4 Å². The van der Waals surface area contributed by atoms with Crippen LogP contribution in [-0.4, -0.2) is 52.8 Å². The van der Waals surface area contributed by atoms with Crippen LogP contribution >= 0.6 is 0 Å². The predicted molar refractivity (Wildman–Crippen MR) is 126 cm³/mol. The van der Waals surface area contributed by atoms with E-state index in [-0.39, 0.29) is 17.6 Å². The maximum absolute atomic E-state index is 13.9. The molecular formula is C27H26FN3O2. The van der Waals surface area contributed by atoms with Gasteiger partial charge >= 0.3 is 0 Å². The van der Waals surface area contributed by atoms with Gasteiger partial charge < -0.3 is 9.80 Å². The zero-order valence-corrected chi connectivity index (χ0v) is 18.4. The third-order valence-corrected chi connectivity index (χ3v) is 5.88. The number of aromatic nitrogens is 1. The summed E-state index contributed by atoms with van der Waals surface area (Å²) in [6, 6.07) is 19.4. The Balaban J connectivity index is 1.65. The van der Waals surface area contributed by atoms with Crippen LogP contribution in [0.5, 0.6) is 0 Å². The van der Waals surface area contributed by atoms with E-state index in [4.69, 9.17) is 0 Å². The maximum atomic E-state index is 13.9. The normalized spacial score (nSPS) is 16.4. The van der Waals surface area contributed by atoms with Crippen LogP contribution in [0.25, 0.3) is 11.1 Å². The summed E-state index contributed by atoms with van der Waals surface area (Å²) in [5.41, 5.74) is 2.94. The molecule has 0 bridgehead atoms. The highest BCUT2D eigenvalue weighted by Gasteiger charge is 2.33. The predicted octanol–water partition coefficient (Wildman–Crippen LogP) is 4.22. The summed E-state index contributed by atoms with van der Waals surface area (Å²) in [4.78, 5) is 34.2. The van der Waals surface area contributed by atoms with E-state index in [0.29, 0.717) is 38.3 Å². The lowest BCUT2D eigenvalue weighted by atomic mass is 9.91. The fourth-order valence-corrected chi connectivity index (χ4v) is 4.27. The molecule has 1 saturated heterocycles. The first-order valence-corrected chi connectivity index (χ1v) is 11.0. The Morgan fingerprint density at radius 1 is 1.09 bits per heavy atom. The molecule has 6 heteroatoms. The Kier molecular flexibility index (Phi) is 6.93. The van der Waals surface area contributed by atoms with Gasteiger partial charge in [-0.15, -0.1) is 6.58 Å². The molecular weight excluding hydrogens is 417 g/mol. The molecule has 0 spiro atoms. The number of carbonyl (C=O) groups excluding carboxylic acids is 2. The third-order valence-electron chi connectivity index (χ3n) is 5.88. The number of hydrogen-bond donors (Lipinski definition) is 0. The molecule has 1 aliphatic rings. The Morgan fingerprint density at radius 2 is 1.91 bits per heavy atom. The van der Waals surface area contributed by atoms with E-state index < -0.39 is 5.92 Å². The second kappa shape index (κ2) is 10.2. The number of hydrogen-bond acceptors (Lipinski definition) is 3. The molecule has 33 heavy (non-hydrogen) atoms. The fourth-order valence-electron chi connectivity index (χ4n) is 4.27. The highest BCUT2D eigenvalue weighted by atomic mass is 19.1. The molecule has 0 unspecified atom stereocenters. The van der Waals surface area contributed by atoms with E-state index in [1.54, 1.807) is 46.3 Å². The lowest BCUT2D eigenvalue weighted by Crippen LogP contribution is -2.38. The summed E-state index contributed by atoms with van der Waals surface area (Å²) in [6.07, 6.45) is 3.73. The molecule has 0 N–H and O–H groups in total. The van der Waals surface area contributed by atoms with E-state index in [1.807, 2.05) is 30.3 Å². The SMILES string of the molecule is C=CCN1CCN(C(=O)c2ccccn2)C[C@@H](Cc2ccccc2-c2cccc(F)c2)C1=O. The fraction of sp³-hybridized carbons (Fsp3) is 0.222. The van der Waals surface area contributed by atoms with Gasteiger partial charge in [0.2, 0.25) is 5.91 Å². The summed E-state index contributed by atoms with van der Waals surface area (Å²) >= 11 is 0. The van der Waals surface area contributed by atoms with Crippen molar-refractivity contribution in [2.45, 2.75) is 6.42 Å². The van der Waals surface area contributed by atoms with Gasteiger partial charge in [-0.3, -0.25) is 14.6 Å². The van der Waals surface area contributed by atoms with Crippen LogP contribution in [-0.2, 0) is 11.2 Å². The molecule has 5 nitrogen and oxygen atoms in total. The molecule has 1 aromatic heterocycles. The number of rotatable bonds is 6. The smallest absolute Gasteiger partial charge is 0.272 e. The molecule has 2 amide bonds. The molecule has 2 aromatic carbocycles. The van der Waals surface area contributed by atoms with Crippen molar-refractivity contribution in [1.29, 1.82) is 0 Å². The van der Waals surface area contributed by atoms with Crippen molar-refractivity contribution in [3.05, 3.63) is 103 Å². The summed E-state index contributed by atoms with van der Waals surface area (Å²) < 4.78 is 13.9. The van der Waals surface area contributed by atoms with Gasteiger partial charge in [-0.25, -0.2) is 4.39 Å². The molecule has 4 rings (SSSR count). The van der Waals surface area contributed by atoms with Crippen molar-refractivity contribution >= 4 is 11.8 Å². The minimum atomic E-state index is -0.435. The second-order valence-electron chi connectivity index (χ2n) is 8.11. The number of amides is 2. The number of benzene rings is 2. The van der Waals surface area contributed by atoms with E-state index in [0.717, 1.165) is 16.7 Å². The van der Waals surface area contributed by atoms with Gasteiger partial charge in [-0.1, -0.05) is 48.5 Å². The first kappa shape index (κ1) is 22.4. The molecule has 3 aromatic rings. The number of halogens is 1. The van der Waals surface area contributed by atoms with E-state index in [1.165, 1.54) is 12.1 Å². The van der Waals surface area contributed by atoms with Crippen LogP contribution in [0.3, 0.4) is 0 Å². The second-order valence-corrected chi connectivity index (χ2v) is 8.11. The molecule has 2 heterocycles. The molecule has 168 valence electrons.